The summed E-state index contributed by atoms with van der Waals surface area (Å²) in [5, 5.41) is 28.0. The number of aromatic amines is 1. The maximum atomic E-state index is 12.9. The number of nitrogens with one attached hydrogen (secondary N) is 2. The number of aliphatic hydroxyl groups is 1. The highest BCUT2D eigenvalue weighted by atomic mass is 32.1. The van der Waals surface area contributed by atoms with Gasteiger partial charge in [0.2, 0.25) is 5.91 Å². The van der Waals surface area contributed by atoms with Crippen molar-refractivity contribution in [3.8, 4) is 11.5 Å². The van der Waals surface area contributed by atoms with Crippen molar-refractivity contribution in [3.63, 3.8) is 0 Å². The number of morpholine rings is 1. The van der Waals surface area contributed by atoms with Gasteiger partial charge >= 0.3 is 4.87 Å². The van der Waals surface area contributed by atoms with Gasteiger partial charge in [0.15, 0.2) is 0 Å². The second kappa shape index (κ2) is 13.8. The fraction of sp³-hybridized carbons (Fsp3) is 0.438. The van der Waals surface area contributed by atoms with Gasteiger partial charge in [-0.05, 0) is 59.0 Å². The van der Waals surface area contributed by atoms with Crippen molar-refractivity contribution in [1.29, 1.82) is 0 Å². The molecule has 4 aromatic rings. The second-order valence-corrected chi connectivity index (χ2v) is 13.3. The molecule has 12 heteroatoms. The molecule has 10 nitrogen and oxygen atoms in total. The van der Waals surface area contributed by atoms with Crippen molar-refractivity contribution in [2.75, 3.05) is 52.5 Å². The number of fused-ring (bicyclic) bond motifs is 1. The number of aromatic hydroxyl groups is 1. The van der Waals surface area contributed by atoms with Crippen molar-refractivity contribution in [1.82, 2.24) is 20.1 Å². The number of thiazole rings is 1. The second-order valence-electron chi connectivity index (χ2n) is 11.5. The number of hydrogen-bond acceptors (Lipinski definition) is 10. The summed E-state index contributed by atoms with van der Waals surface area (Å²) in [7, 11) is 0. The summed E-state index contributed by atoms with van der Waals surface area (Å²) in [6, 6.07) is 13.1. The summed E-state index contributed by atoms with van der Waals surface area (Å²) in [5.74, 6) is 0.995. The smallest absolute Gasteiger partial charge is 0.305 e. The Morgan fingerprint density at radius 2 is 1.93 bits per heavy atom. The van der Waals surface area contributed by atoms with Crippen LogP contribution in [0.5, 0.6) is 11.5 Å². The minimum atomic E-state index is -0.820. The molecule has 2 aromatic heterocycles. The van der Waals surface area contributed by atoms with Crippen molar-refractivity contribution in [2.24, 2.45) is 0 Å². The predicted molar refractivity (Wildman–Crippen MR) is 172 cm³/mol. The van der Waals surface area contributed by atoms with E-state index in [4.69, 9.17) is 9.47 Å². The Morgan fingerprint density at radius 1 is 1.11 bits per heavy atom. The van der Waals surface area contributed by atoms with Crippen LogP contribution in [0.25, 0.3) is 10.2 Å². The van der Waals surface area contributed by atoms with E-state index in [2.05, 4.69) is 15.2 Å². The van der Waals surface area contributed by atoms with E-state index < -0.39 is 6.10 Å². The van der Waals surface area contributed by atoms with E-state index in [1.807, 2.05) is 46.0 Å². The highest BCUT2D eigenvalue weighted by Gasteiger charge is 2.40. The number of ether oxygens (including phenoxy) is 2. The minimum Gasteiger partial charge on any atom is -0.506 e. The van der Waals surface area contributed by atoms with E-state index in [-0.39, 0.29) is 22.1 Å². The first kappa shape index (κ1) is 30.8. The van der Waals surface area contributed by atoms with Crippen LogP contribution in [0.2, 0.25) is 0 Å². The summed E-state index contributed by atoms with van der Waals surface area (Å²) < 4.78 is 12.8. The molecule has 4 N–H and O–H groups in total. The number of phenolic OH excluding ortho intramolecular Hbond substituents is 1. The molecule has 6 rings (SSSR count). The summed E-state index contributed by atoms with van der Waals surface area (Å²) in [5.41, 5.74) is 2.88. The number of piperidine rings is 1. The highest BCUT2D eigenvalue weighted by Crippen LogP contribution is 2.32. The zero-order valence-corrected chi connectivity index (χ0v) is 26.1. The van der Waals surface area contributed by atoms with Crippen LogP contribution in [-0.4, -0.2) is 89.0 Å². The average Bonchev–Trinajstić information content (AvgIpc) is 3.69. The molecule has 2 aliphatic rings. The average molecular weight is 639 g/mol. The van der Waals surface area contributed by atoms with E-state index in [1.165, 1.54) is 6.07 Å². The number of amides is 1. The SMILES string of the molecule is O=C(Cc1ccsc1)N1CCOC2(CCN(CCOc3ccc(CNCC(O)c4ccc(O)c5[nH]c(=O)sc45)cc3)CC2)C1. The Kier molecular flexibility index (Phi) is 9.65. The van der Waals surface area contributed by atoms with Gasteiger partial charge in [-0.25, -0.2) is 0 Å². The molecule has 1 spiro atoms. The van der Waals surface area contributed by atoms with Crippen LogP contribution >= 0.6 is 22.7 Å². The third-order valence-electron chi connectivity index (χ3n) is 8.52. The number of thiophene rings is 1. The van der Waals surface area contributed by atoms with E-state index in [9.17, 15) is 19.8 Å². The molecule has 0 saturated carbocycles. The lowest BCUT2D eigenvalue weighted by Gasteiger charge is -2.47. The largest absolute Gasteiger partial charge is 0.506 e. The number of nitrogens with zero attached hydrogens (tertiary/aromatic N) is 2. The van der Waals surface area contributed by atoms with Gasteiger partial charge in [-0.2, -0.15) is 11.3 Å². The molecule has 2 saturated heterocycles. The number of likely N-dealkylation sites (tertiary alicyclic amines) is 1. The number of carbonyl (C=O) groups excluding carboxylic acids is 1. The minimum absolute atomic E-state index is 0.00536. The lowest BCUT2D eigenvalue weighted by atomic mass is 9.89. The van der Waals surface area contributed by atoms with E-state index in [0.29, 0.717) is 61.6 Å². The number of rotatable bonds is 11. The number of hydrogen-bond donors (Lipinski definition) is 4. The van der Waals surface area contributed by atoms with Crippen LogP contribution in [0.4, 0.5) is 0 Å². The molecule has 0 bridgehead atoms. The molecule has 2 fully saturated rings. The van der Waals surface area contributed by atoms with Crippen LogP contribution in [0, 0.1) is 0 Å². The quantitative estimate of drug-likeness (QED) is 0.197. The Labute approximate surface area is 263 Å². The molecule has 1 unspecified atom stereocenters. The van der Waals surface area contributed by atoms with Crippen LogP contribution in [0.3, 0.4) is 0 Å². The number of aliphatic hydroxyl groups excluding tert-OH is 1. The molecule has 44 heavy (non-hydrogen) atoms. The fourth-order valence-electron chi connectivity index (χ4n) is 5.99. The third kappa shape index (κ3) is 7.33. The first-order valence-electron chi connectivity index (χ1n) is 15.0. The Bertz CT molecular complexity index is 1600. The Morgan fingerprint density at radius 3 is 2.70 bits per heavy atom. The molecule has 2 aromatic carbocycles. The van der Waals surface area contributed by atoms with E-state index >= 15 is 0 Å². The number of H-pyrrole nitrogens is 1. The van der Waals surface area contributed by atoms with Crippen LogP contribution in [0.1, 0.15) is 35.6 Å². The van der Waals surface area contributed by atoms with Gasteiger partial charge in [0, 0.05) is 51.4 Å². The first-order chi connectivity index (χ1) is 21.4. The van der Waals surface area contributed by atoms with Crippen molar-refractivity contribution >= 4 is 38.8 Å². The molecule has 0 aliphatic carbocycles. The van der Waals surface area contributed by atoms with E-state index in [1.54, 1.807) is 17.4 Å². The maximum Gasteiger partial charge on any atom is 0.305 e. The number of phenols is 1. The predicted octanol–water partition coefficient (Wildman–Crippen LogP) is 3.49. The number of benzene rings is 2. The topological polar surface area (TPSA) is 127 Å². The molecular formula is C32H38N4O6S2. The van der Waals surface area contributed by atoms with Crippen molar-refractivity contribution in [2.45, 2.75) is 37.5 Å². The van der Waals surface area contributed by atoms with Gasteiger partial charge in [-0.15, -0.1) is 0 Å². The Balaban J connectivity index is 0.900. The van der Waals surface area contributed by atoms with Crippen molar-refractivity contribution in [3.05, 3.63) is 79.6 Å². The van der Waals surface area contributed by atoms with Gasteiger partial charge in [0.1, 0.15) is 23.6 Å². The molecule has 0 radical (unpaired) electrons. The summed E-state index contributed by atoms with van der Waals surface area (Å²) in [6.45, 7) is 6.08. The highest BCUT2D eigenvalue weighted by molar-refractivity contribution is 7.16. The van der Waals surface area contributed by atoms with Crippen LogP contribution in [0.15, 0.2) is 58.0 Å². The van der Waals surface area contributed by atoms with Crippen molar-refractivity contribution < 1.29 is 24.5 Å². The molecule has 2 aliphatic heterocycles. The lowest BCUT2D eigenvalue weighted by Crippen LogP contribution is -2.58. The van der Waals surface area contributed by atoms with Gasteiger partial charge < -0.3 is 34.9 Å². The maximum absolute atomic E-state index is 12.9. The molecule has 1 amide bonds. The monoisotopic (exact) mass is 638 g/mol. The Hall–Kier alpha value is -3.26. The normalized spacial score (nSPS) is 17.7. The van der Waals surface area contributed by atoms with Crippen LogP contribution < -0.4 is 14.9 Å². The van der Waals surface area contributed by atoms with Gasteiger partial charge in [0.05, 0.1) is 29.4 Å². The molecule has 234 valence electrons. The molecular weight excluding hydrogens is 601 g/mol. The van der Waals surface area contributed by atoms with Gasteiger partial charge in [-0.3, -0.25) is 14.5 Å². The fourth-order valence-corrected chi connectivity index (χ4v) is 7.57. The standard InChI is InChI=1S/C32H38N4O6S2/c37-26-6-5-25(30-29(26)34-31(40)44-30)27(38)19-33-18-22-1-3-24(4-2-22)41-14-12-35-10-8-32(9-11-35)21-36(13-15-42-32)28(39)17-23-7-16-43-20-23/h1-7,16,20,27,33,37-38H,8-15,17-19,21H2,(H,34,40). The van der Waals surface area contributed by atoms with Gasteiger partial charge in [-0.1, -0.05) is 29.5 Å². The molecule has 4 heterocycles. The van der Waals surface area contributed by atoms with Gasteiger partial charge in [0.25, 0.3) is 0 Å². The summed E-state index contributed by atoms with van der Waals surface area (Å²) in [4.78, 5) is 31.3. The molecule has 1 atom stereocenters. The zero-order chi connectivity index (χ0) is 30.5. The first-order valence-corrected chi connectivity index (χ1v) is 16.7. The lowest BCUT2D eigenvalue weighted by molar-refractivity contribution is -0.159. The van der Waals surface area contributed by atoms with E-state index in [0.717, 1.165) is 60.7 Å². The third-order valence-corrected chi connectivity index (χ3v) is 10.2. The number of aromatic nitrogens is 1. The zero-order valence-electron chi connectivity index (χ0n) is 24.5. The number of carbonyl (C=O) groups is 1. The summed E-state index contributed by atoms with van der Waals surface area (Å²) in [6.07, 6.45) is 1.47. The van der Waals surface area contributed by atoms with Crippen LogP contribution in [-0.2, 0) is 22.5 Å². The summed E-state index contributed by atoms with van der Waals surface area (Å²) >= 11 is 2.61.